The Morgan fingerprint density at radius 1 is 1.35 bits per heavy atom. The van der Waals surface area contributed by atoms with Crippen molar-refractivity contribution < 1.29 is 23.5 Å². The molecule has 1 N–H and O–H groups in total. The Morgan fingerprint density at radius 2 is 2.00 bits per heavy atom. The third-order valence-electron chi connectivity index (χ3n) is 3.02. The molecule has 0 radical (unpaired) electrons. The van der Waals surface area contributed by atoms with E-state index < -0.39 is 23.4 Å². The van der Waals surface area contributed by atoms with Gasteiger partial charge >= 0.3 is 6.09 Å². The summed E-state index contributed by atoms with van der Waals surface area (Å²) < 4.78 is 23.8. The minimum absolute atomic E-state index is 0.0286. The summed E-state index contributed by atoms with van der Waals surface area (Å²) in [4.78, 5) is 29.6. The van der Waals surface area contributed by atoms with Crippen LogP contribution in [0.1, 0.15) is 31.3 Å². The van der Waals surface area contributed by atoms with E-state index in [1.165, 1.54) is 6.07 Å². The number of hydrogen-bond donors (Lipinski definition) is 1. The number of nitrogens with zero attached hydrogens (tertiary/aromatic N) is 2. The van der Waals surface area contributed by atoms with Crippen molar-refractivity contribution in [3.63, 3.8) is 0 Å². The van der Waals surface area contributed by atoms with Gasteiger partial charge in [-0.15, -0.1) is 0 Å². The zero-order valence-corrected chi connectivity index (χ0v) is 13.4. The molecule has 1 fully saturated rings. The van der Waals surface area contributed by atoms with Gasteiger partial charge in [-0.05, 0) is 20.8 Å². The number of anilines is 1. The summed E-state index contributed by atoms with van der Waals surface area (Å²) in [5.41, 5.74) is -0.429. The molecule has 0 aliphatic carbocycles. The fraction of sp³-hybridized carbons (Fsp3) is 0.533. The summed E-state index contributed by atoms with van der Waals surface area (Å²) >= 11 is 0. The highest BCUT2D eigenvalue weighted by molar-refractivity contribution is 6.05. The Morgan fingerprint density at radius 3 is 2.61 bits per heavy atom. The first kappa shape index (κ1) is 17.1. The molecule has 126 valence electrons. The maximum Gasteiger partial charge on any atom is 0.414 e. The second kappa shape index (κ2) is 6.91. The standard InChI is InChI=1S/C15H20FN3O4/c1-15(2,3)23-14(21)18-13(20)12-11(8-10(16)9-17-12)19-4-6-22-7-5-19/h8-9H,4-7H2,1-3H3,(H,18,20,21). The molecule has 23 heavy (non-hydrogen) atoms. The molecular weight excluding hydrogens is 305 g/mol. The van der Waals surface area contributed by atoms with Gasteiger partial charge in [-0.3, -0.25) is 10.1 Å². The topological polar surface area (TPSA) is 80.8 Å². The number of nitrogens with one attached hydrogen (secondary N) is 1. The van der Waals surface area contributed by atoms with Gasteiger partial charge in [0.05, 0.1) is 25.1 Å². The molecule has 7 nitrogen and oxygen atoms in total. The Bertz CT molecular complexity index is 595. The van der Waals surface area contributed by atoms with Crippen LogP contribution in [0.2, 0.25) is 0 Å². The van der Waals surface area contributed by atoms with Crippen LogP contribution in [0.15, 0.2) is 12.3 Å². The quantitative estimate of drug-likeness (QED) is 0.892. The first-order valence-corrected chi connectivity index (χ1v) is 7.29. The van der Waals surface area contributed by atoms with E-state index in [0.29, 0.717) is 32.0 Å². The lowest BCUT2D eigenvalue weighted by Gasteiger charge is -2.29. The number of aromatic nitrogens is 1. The maximum atomic E-state index is 13.5. The van der Waals surface area contributed by atoms with Crippen molar-refractivity contribution in [2.45, 2.75) is 26.4 Å². The highest BCUT2D eigenvalue weighted by atomic mass is 19.1. The molecule has 1 aromatic heterocycles. The summed E-state index contributed by atoms with van der Waals surface area (Å²) in [6.45, 7) is 7.04. The van der Waals surface area contributed by atoms with Crippen LogP contribution in [0.5, 0.6) is 0 Å². The van der Waals surface area contributed by atoms with Crippen molar-refractivity contribution in [1.29, 1.82) is 0 Å². The molecule has 0 bridgehead atoms. The van der Waals surface area contributed by atoms with Gasteiger partial charge in [0.25, 0.3) is 5.91 Å². The average molecular weight is 325 g/mol. The third kappa shape index (κ3) is 4.88. The van der Waals surface area contributed by atoms with Crippen LogP contribution in [0.4, 0.5) is 14.9 Å². The number of ether oxygens (including phenoxy) is 2. The van der Waals surface area contributed by atoms with Gasteiger partial charge in [0.2, 0.25) is 0 Å². The zero-order chi connectivity index (χ0) is 17.0. The summed E-state index contributed by atoms with van der Waals surface area (Å²) in [6.07, 6.45) is 0.0649. The maximum absolute atomic E-state index is 13.5. The molecule has 0 saturated carbocycles. The van der Waals surface area contributed by atoms with E-state index in [9.17, 15) is 14.0 Å². The van der Waals surface area contributed by atoms with Gasteiger partial charge in [0, 0.05) is 19.2 Å². The van der Waals surface area contributed by atoms with Gasteiger partial charge in [-0.25, -0.2) is 14.2 Å². The molecule has 1 aromatic rings. The highest BCUT2D eigenvalue weighted by Gasteiger charge is 2.24. The van der Waals surface area contributed by atoms with Gasteiger partial charge in [0.15, 0.2) is 5.69 Å². The van der Waals surface area contributed by atoms with Crippen molar-refractivity contribution in [2.24, 2.45) is 0 Å². The van der Waals surface area contributed by atoms with Crippen LogP contribution >= 0.6 is 0 Å². The van der Waals surface area contributed by atoms with E-state index in [0.717, 1.165) is 6.20 Å². The van der Waals surface area contributed by atoms with E-state index in [4.69, 9.17) is 9.47 Å². The minimum atomic E-state index is -0.874. The third-order valence-corrected chi connectivity index (χ3v) is 3.02. The molecule has 0 aromatic carbocycles. The van der Waals surface area contributed by atoms with Crippen molar-refractivity contribution >= 4 is 17.7 Å². The molecule has 2 amide bonds. The number of pyridine rings is 1. The summed E-state index contributed by atoms with van der Waals surface area (Å²) in [5, 5.41) is 2.11. The zero-order valence-electron chi connectivity index (χ0n) is 13.4. The monoisotopic (exact) mass is 325 g/mol. The number of hydrogen-bond acceptors (Lipinski definition) is 6. The van der Waals surface area contributed by atoms with E-state index >= 15 is 0 Å². The number of alkyl carbamates (subject to hydrolysis) is 1. The molecule has 8 heteroatoms. The van der Waals surface area contributed by atoms with E-state index in [-0.39, 0.29) is 5.69 Å². The molecule has 1 saturated heterocycles. The predicted octanol–water partition coefficient (Wildman–Crippen LogP) is 1.72. The van der Waals surface area contributed by atoms with Gasteiger partial charge in [-0.2, -0.15) is 0 Å². The number of imide groups is 1. The first-order valence-electron chi connectivity index (χ1n) is 7.29. The number of morpholine rings is 1. The molecule has 0 atom stereocenters. The normalized spacial score (nSPS) is 15.2. The first-order chi connectivity index (χ1) is 10.8. The van der Waals surface area contributed by atoms with Crippen molar-refractivity contribution in [1.82, 2.24) is 10.3 Å². The summed E-state index contributed by atoms with van der Waals surface area (Å²) in [7, 11) is 0. The second-order valence-corrected chi connectivity index (χ2v) is 6.08. The number of carbonyl (C=O) groups is 2. The molecule has 0 unspecified atom stereocenters. The SMILES string of the molecule is CC(C)(C)OC(=O)NC(=O)c1ncc(F)cc1N1CCOCC1. The van der Waals surface area contributed by atoms with E-state index in [1.54, 1.807) is 25.7 Å². The van der Waals surface area contributed by atoms with Crippen LogP contribution < -0.4 is 10.2 Å². The largest absolute Gasteiger partial charge is 0.444 e. The second-order valence-electron chi connectivity index (χ2n) is 6.08. The summed E-state index contributed by atoms with van der Waals surface area (Å²) in [5.74, 6) is -1.29. The van der Waals surface area contributed by atoms with Crippen LogP contribution in [-0.2, 0) is 9.47 Å². The van der Waals surface area contributed by atoms with Gasteiger partial charge in [-0.1, -0.05) is 0 Å². The Balaban J connectivity index is 2.17. The fourth-order valence-electron chi connectivity index (χ4n) is 2.10. The molecule has 1 aliphatic heterocycles. The minimum Gasteiger partial charge on any atom is -0.444 e. The van der Waals surface area contributed by atoms with Crippen molar-refractivity contribution in [3.05, 3.63) is 23.8 Å². The van der Waals surface area contributed by atoms with Crippen molar-refractivity contribution in [2.75, 3.05) is 31.2 Å². The molecule has 2 rings (SSSR count). The molecule has 0 spiro atoms. The summed E-state index contributed by atoms with van der Waals surface area (Å²) in [6, 6.07) is 1.22. The lowest BCUT2D eigenvalue weighted by atomic mass is 10.2. The Labute approximate surface area is 133 Å². The number of amides is 2. The van der Waals surface area contributed by atoms with E-state index in [1.807, 2.05) is 0 Å². The van der Waals surface area contributed by atoms with Crippen molar-refractivity contribution in [3.8, 4) is 0 Å². The van der Waals surface area contributed by atoms with Crippen LogP contribution in [0, 0.1) is 5.82 Å². The number of carbonyl (C=O) groups excluding carboxylic acids is 2. The fourth-order valence-corrected chi connectivity index (χ4v) is 2.10. The molecular formula is C15H20FN3O4. The predicted molar refractivity (Wildman–Crippen MR) is 80.9 cm³/mol. The van der Waals surface area contributed by atoms with Crippen LogP contribution in [0.3, 0.4) is 0 Å². The average Bonchev–Trinajstić information content (AvgIpc) is 2.45. The Hall–Kier alpha value is -2.22. The van der Waals surface area contributed by atoms with E-state index in [2.05, 4.69) is 10.3 Å². The van der Waals surface area contributed by atoms with Gasteiger partial charge in [0.1, 0.15) is 11.4 Å². The van der Waals surface area contributed by atoms with Crippen LogP contribution in [-0.4, -0.2) is 48.9 Å². The van der Waals surface area contributed by atoms with Gasteiger partial charge < -0.3 is 14.4 Å². The van der Waals surface area contributed by atoms with Crippen LogP contribution in [0.25, 0.3) is 0 Å². The number of halogens is 1. The Kier molecular flexibility index (Phi) is 5.15. The molecule has 1 aliphatic rings. The lowest BCUT2D eigenvalue weighted by Crippen LogP contribution is -2.40. The number of rotatable bonds is 2. The smallest absolute Gasteiger partial charge is 0.414 e. The lowest BCUT2D eigenvalue weighted by molar-refractivity contribution is 0.0507. The molecule has 2 heterocycles. The highest BCUT2D eigenvalue weighted by Crippen LogP contribution is 2.21.